The Hall–Kier alpha value is -8.22. The maximum Gasteiger partial charge on any atom is 0.238 e. The molecule has 0 unspecified atom stereocenters. The van der Waals surface area contributed by atoms with Crippen molar-refractivity contribution in [3.8, 4) is 39.9 Å². The summed E-state index contributed by atoms with van der Waals surface area (Å²) in [5, 5.41) is 4.36. The van der Waals surface area contributed by atoms with E-state index in [1.165, 1.54) is 11.1 Å². The number of hydrogen-bond donors (Lipinski definition) is 0. The van der Waals surface area contributed by atoms with Crippen LogP contribution in [0.5, 0.6) is 0 Å². The summed E-state index contributed by atoms with van der Waals surface area (Å²) in [7, 11) is 0. The van der Waals surface area contributed by atoms with E-state index in [1.54, 1.807) is 0 Å². The third-order valence-electron chi connectivity index (χ3n) is 11.7. The van der Waals surface area contributed by atoms with Gasteiger partial charge < -0.3 is 4.42 Å². The normalized spacial score (nSPS) is 12.7. The average Bonchev–Trinajstić information content (AvgIpc) is 3.80. The molecule has 0 radical (unpaired) electrons. The van der Waals surface area contributed by atoms with Crippen LogP contribution in [0.15, 0.2) is 210 Å². The second-order valence-electron chi connectivity index (χ2n) is 15.4. The first kappa shape index (κ1) is 34.8. The van der Waals surface area contributed by atoms with Gasteiger partial charge in [0.2, 0.25) is 5.95 Å². The summed E-state index contributed by atoms with van der Waals surface area (Å²) in [6.07, 6.45) is 3.01. The molecule has 4 heterocycles. The van der Waals surface area contributed by atoms with Crippen molar-refractivity contribution in [2.45, 2.75) is 6.42 Å². The van der Waals surface area contributed by atoms with Crippen LogP contribution in [-0.4, -0.2) is 25.2 Å². The van der Waals surface area contributed by atoms with E-state index in [1.807, 2.05) is 60.7 Å². The highest BCUT2D eigenvalue weighted by atomic mass is 16.3. The molecule has 0 atom stereocenters. The van der Waals surface area contributed by atoms with Gasteiger partial charge in [0.15, 0.2) is 11.6 Å². The average molecular weight is 782 g/mol. The molecule has 0 aliphatic carbocycles. The number of furan rings is 1. The fourth-order valence-corrected chi connectivity index (χ4v) is 8.87. The highest BCUT2D eigenvalue weighted by molar-refractivity contribution is 6.20. The Labute approximate surface area is 351 Å². The number of allylic oxidation sites excluding steroid dienone is 1. The summed E-state index contributed by atoms with van der Waals surface area (Å²) >= 11 is 0. The molecule has 0 spiro atoms. The molecule has 8 aromatic carbocycles. The summed E-state index contributed by atoms with van der Waals surface area (Å²) in [5.41, 5.74) is 14.4. The number of hydrogen-bond acceptors (Lipinski definition) is 5. The van der Waals surface area contributed by atoms with Crippen LogP contribution in [0, 0.1) is 0 Å². The number of nitrogens with zero attached hydrogens (tertiary/aromatic N) is 5. The van der Waals surface area contributed by atoms with Crippen LogP contribution in [0.4, 0.5) is 5.69 Å². The number of rotatable bonds is 6. The Kier molecular flexibility index (Phi) is 8.13. The first-order valence-electron chi connectivity index (χ1n) is 20.5. The lowest BCUT2D eigenvalue weighted by Gasteiger charge is -2.11. The lowest BCUT2D eigenvalue weighted by atomic mass is 9.95. The number of aliphatic imine (C=N–C) groups is 1. The zero-order valence-corrected chi connectivity index (χ0v) is 32.9. The first-order valence-corrected chi connectivity index (χ1v) is 20.5. The fourth-order valence-electron chi connectivity index (χ4n) is 8.87. The minimum atomic E-state index is 0.570. The SMILES string of the molecule is C1=C(c2ccccc2)c2ccccc2N=C(c2cccc3oc4ccc(-c5ccc6c(c5)c5ccccc5n6-c5nc(-c6ccccc6)nc(-c6ccccc6)n5)cc4c23)C1. The van der Waals surface area contributed by atoms with E-state index in [9.17, 15) is 0 Å². The lowest BCUT2D eigenvalue weighted by molar-refractivity contribution is 0.669. The molecule has 286 valence electrons. The molecule has 11 aromatic rings. The van der Waals surface area contributed by atoms with Gasteiger partial charge in [0.25, 0.3) is 0 Å². The van der Waals surface area contributed by atoms with Crippen molar-refractivity contribution in [3.63, 3.8) is 0 Å². The summed E-state index contributed by atoms with van der Waals surface area (Å²) in [5.74, 6) is 1.82. The minimum absolute atomic E-state index is 0.570. The van der Waals surface area contributed by atoms with Crippen LogP contribution >= 0.6 is 0 Å². The number of para-hydroxylation sites is 2. The van der Waals surface area contributed by atoms with Crippen LogP contribution in [-0.2, 0) is 0 Å². The topological polar surface area (TPSA) is 69.1 Å². The van der Waals surface area contributed by atoms with Crippen LogP contribution in [0.25, 0.3) is 89.2 Å². The van der Waals surface area contributed by atoms with Gasteiger partial charge in [-0.25, -0.2) is 4.98 Å². The molecular formula is C55H35N5O. The quantitative estimate of drug-likeness (QED) is 0.168. The van der Waals surface area contributed by atoms with E-state index in [0.29, 0.717) is 24.0 Å². The van der Waals surface area contributed by atoms with E-state index in [-0.39, 0.29) is 0 Å². The van der Waals surface area contributed by atoms with Crippen LogP contribution < -0.4 is 0 Å². The Morgan fingerprint density at radius 1 is 0.426 bits per heavy atom. The highest BCUT2D eigenvalue weighted by Crippen LogP contribution is 2.40. The smallest absolute Gasteiger partial charge is 0.238 e. The van der Waals surface area contributed by atoms with Crippen LogP contribution in [0.3, 0.4) is 0 Å². The molecule has 0 fully saturated rings. The second-order valence-corrected chi connectivity index (χ2v) is 15.4. The van der Waals surface area contributed by atoms with Crippen molar-refractivity contribution >= 4 is 60.7 Å². The van der Waals surface area contributed by atoms with Crippen LogP contribution in [0.1, 0.15) is 23.1 Å². The van der Waals surface area contributed by atoms with Gasteiger partial charge in [-0.05, 0) is 64.7 Å². The van der Waals surface area contributed by atoms with Gasteiger partial charge in [-0.1, -0.05) is 158 Å². The molecule has 12 rings (SSSR count). The number of fused-ring (bicyclic) bond motifs is 7. The molecule has 0 bridgehead atoms. The summed E-state index contributed by atoms with van der Waals surface area (Å²) in [6, 6.07) is 67.2. The summed E-state index contributed by atoms with van der Waals surface area (Å²) in [4.78, 5) is 20.5. The molecule has 61 heavy (non-hydrogen) atoms. The Morgan fingerprint density at radius 3 is 1.79 bits per heavy atom. The van der Waals surface area contributed by atoms with Gasteiger partial charge in [0.05, 0.1) is 22.4 Å². The third-order valence-corrected chi connectivity index (χ3v) is 11.7. The van der Waals surface area contributed by atoms with E-state index in [4.69, 9.17) is 24.4 Å². The predicted octanol–water partition coefficient (Wildman–Crippen LogP) is 13.8. The molecule has 0 saturated carbocycles. The zero-order valence-electron chi connectivity index (χ0n) is 32.9. The molecule has 0 amide bonds. The minimum Gasteiger partial charge on any atom is -0.456 e. The van der Waals surface area contributed by atoms with Crippen molar-refractivity contribution in [1.29, 1.82) is 0 Å². The maximum absolute atomic E-state index is 6.54. The van der Waals surface area contributed by atoms with Crippen molar-refractivity contribution in [1.82, 2.24) is 19.5 Å². The molecule has 0 saturated heterocycles. The Bertz CT molecular complexity index is 3490. The van der Waals surface area contributed by atoms with Crippen molar-refractivity contribution in [2.24, 2.45) is 4.99 Å². The van der Waals surface area contributed by atoms with Gasteiger partial charge in [0, 0.05) is 50.2 Å². The highest BCUT2D eigenvalue weighted by Gasteiger charge is 2.21. The van der Waals surface area contributed by atoms with Gasteiger partial charge >= 0.3 is 0 Å². The maximum atomic E-state index is 6.54. The van der Waals surface area contributed by atoms with Crippen molar-refractivity contribution in [2.75, 3.05) is 0 Å². The molecule has 6 nitrogen and oxygen atoms in total. The predicted molar refractivity (Wildman–Crippen MR) is 249 cm³/mol. The Morgan fingerprint density at radius 2 is 1.03 bits per heavy atom. The third kappa shape index (κ3) is 5.96. The standard InChI is InChI=1S/C55H35N5O/c1-4-15-35(16-5-1)40-29-30-47(56-46-24-12-10-21-41(40)46)43-23-14-26-51-52(43)45-34-39(28-32-50(45)61-51)38-27-31-49-44(33-38)42-22-11-13-25-48(42)60(49)55-58-53(36-17-6-2-7-18-36)57-54(59-55)37-19-8-3-9-20-37/h1-29,31-34H,30H2. The first-order chi connectivity index (χ1) is 30.2. The van der Waals surface area contributed by atoms with Gasteiger partial charge in [0.1, 0.15) is 11.2 Å². The lowest BCUT2D eigenvalue weighted by Crippen LogP contribution is -2.06. The van der Waals surface area contributed by atoms with Crippen LogP contribution in [0.2, 0.25) is 0 Å². The van der Waals surface area contributed by atoms with Gasteiger partial charge in [-0.3, -0.25) is 9.56 Å². The zero-order chi connectivity index (χ0) is 40.3. The van der Waals surface area contributed by atoms with Crippen molar-refractivity contribution in [3.05, 3.63) is 217 Å². The number of benzene rings is 8. The monoisotopic (exact) mass is 781 g/mol. The summed E-state index contributed by atoms with van der Waals surface area (Å²) < 4.78 is 8.70. The fraction of sp³-hybridized carbons (Fsp3) is 0.0182. The Balaban J connectivity index is 0.999. The van der Waals surface area contributed by atoms with E-state index >= 15 is 0 Å². The molecule has 3 aromatic heterocycles. The van der Waals surface area contributed by atoms with E-state index < -0.39 is 0 Å². The second kappa shape index (κ2) is 14.3. The van der Waals surface area contributed by atoms with Gasteiger partial charge in [-0.2, -0.15) is 9.97 Å². The molecule has 1 aliphatic heterocycles. The molecule has 1 aliphatic rings. The molecule has 6 heteroatoms. The summed E-state index contributed by atoms with van der Waals surface area (Å²) in [6.45, 7) is 0. The van der Waals surface area contributed by atoms with E-state index in [0.717, 1.165) is 88.5 Å². The molecular weight excluding hydrogens is 747 g/mol. The largest absolute Gasteiger partial charge is 0.456 e. The van der Waals surface area contributed by atoms with E-state index in [2.05, 4.69) is 144 Å². The van der Waals surface area contributed by atoms with Gasteiger partial charge in [-0.15, -0.1) is 0 Å². The molecule has 0 N–H and O–H groups in total. The van der Waals surface area contributed by atoms with Crippen molar-refractivity contribution < 1.29 is 4.42 Å². The number of aromatic nitrogens is 4.